The Kier molecular flexibility index (Phi) is 6.93. The van der Waals surface area contributed by atoms with Crippen molar-refractivity contribution < 1.29 is 18.6 Å². The zero-order valence-electron chi connectivity index (χ0n) is 13.4. The van der Waals surface area contributed by atoms with Crippen LogP contribution in [0.4, 0.5) is 0 Å². The van der Waals surface area contributed by atoms with Crippen molar-refractivity contribution in [1.82, 2.24) is 4.72 Å². The Morgan fingerprint density at radius 2 is 1.46 bits per heavy atom. The number of rotatable bonds is 9. The molecular formula is C18H23NO4S. The van der Waals surface area contributed by atoms with Gasteiger partial charge in [0.2, 0.25) is 10.0 Å². The van der Waals surface area contributed by atoms with Crippen LogP contribution in [0, 0.1) is 0 Å². The normalized spacial score (nSPS) is 14.2. The fraction of sp³-hybridized carbons (Fsp3) is 0.333. The third kappa shape index (κ3) is 6.05. The lowest BCUT2D eigenvalue weighted by atomic mass is 10.0. The highest BCUT2D eigenvalue weighted by Gasteiger charge is 2.17. The van der Waals surface area contributed by atoms with Gasteiger partial charge in [0.15, 0.2) is 0 Å². The molecule has 0 aliphatic rings. The number of nitrogens with one attached hydrogen (secondary N) is 1. The first-order valence-electron chi connectivity index (χ1n) is 7.92. The molecule has 2 aromatic rings. The fourth-order valence-electron chi connectivity index (χ4n) is 2.38. The van der Waals surface area contributed by atoms with E-state index in [2.05, 4.69) is 4.72 Å². The van der Waals surface area contributed by atoms with E-state index in [1.165, 1.54) is 12.1 Å². The van der Waals surface area contributed by atoms with Gasteiger partial charge in [-0.25, -0.2) is 13.1 Å². The molecule has 24 heavy (non-hydrogen) atoms. The summed E-state index contributed by atoms with van der Waals surface area (Å²) in [6.07, 6.45) is -0.253. The summed E-state index contributed by atoms with van der Waals surface area (Å²) < 4.78 is 26.5. The SMILES string of the molecule is O=S(=O)(NCC(O)CC(O)CCc1ccccc1)c1ccccc1. The van der Waals surface area contributed by atoms with Crippen molar-refractivity contribution in [2.45, 2.75) is 36.4 Å². The lowest BCUT2D eigenvalue weighted by molar-refractivity contribution is 0.0783. The Balaban J connectivity index is 1.75. The standard InChI is InChI=1S/C18H23NO4S/c20-16(12-11-15-7-3-1-4-8-15)13-17(21)14-19-24(22,23)18-9-5-2-6-10-18/h1-10,16-17,19-21H,11-14H2. The highest BCUT2D eigenvalue weighted by molar-refractivity contribution is 7.89. The van der Waals surface area contributed by atoms with Gasteiger partial charge in [-0.2, -0.15) is 0 Å². The van der Waals surface area contributed by atoms with E-state index in [0.29, 0.717) is 12.8 Å². The maximum absolute atomic E-state index is 12.0. The molecule has 0 aliphatic carbocycles. The molecule has 0 aromatic heterocycles. The van der Waals surface area contributed by atoms with Crippen LogP contribution in [0.3, 0.4) is 0 Å². The molecule has 2 atom stereocenters. The van der Waals surface area contributed by atoms with Crippen molar-refractivity contribution >= 4 is 10.0 Å². The van der Waals surface area contributed by atoms with Gasteiger partial charge in [-0.15, -0.1) is 0 Å². The number of aryl methyl sites for hydroxylation is 1. The van der Waals surface area contributed by atoms with Crippen LogP contribution in [0.25, 0.3) is 0 Å². The Morgan fingerprint density at radius 1 is 0.875 bits per heavy atom. The van der Waals surface area contributed by atoms with Crippen molar-refractivity contribution in [3.8, 4) is 0 Å². The van der Waals surface area contributed by atoms with Crippen LogP contribution in [-0.4, -0.2) is 37.4 Å². The van der Waals surface area contributed by atoms with E-state index in [4.69, 9.17) is 0 Å². The Bertz CT molecular complexity index is 704. The average molecular weight is 349 g/mol. The Hall–Kier alpha value is -1.73. The first-order chi connectivity index (χ1) is 11.5. The number of aliphatic hydroxyl groups excluding tert-OH is 2. The van der Waals surface area contributed by atoms with Gasteiger partial charge in [0.25, 0.3) is 0 Å². The summed E-state index contributed by atoms with van der Waals surface area (Å²) in [5, 5.41) is 19.9. The average Bonchev–Trinajstić information content (AvgIpc) is 2.60. The minimum Gasteiger partial charge on any atom is -0.393 e. The van der Waals surface area contributed by atoms with E-state index in [0.717, 1.165) is 5.56 Å². The molecule has 0 radical (unpaired) electrons. The lowest BCUT2D eigenvalue weighted by Crippen LogP contribution is -2.34. The van der Waals surface area contributed by atoms with Crippen molar-refractivity contribution in [3.05, 3.63) is 66.2 Å². The van der Waals surface area contributed by atoms with Gasteiger partial charge in [0.1, 0.15) is 0 Å². The van der Waals surface area contributed by atoms with Crippen molar-refractivity contribution in [2.24, 2.45) is 0 Å². The molecule has 0 saturated carbocycles. The summed E-state index contributed by atoms with van der Waals surface area (Å²) in [6, 6.07) is 17.8. The van der Waals surface area contributed by atoms with Crippen LogP contribution < -0.4 is 4.72 Å². The molecule has 2 aromatic carbocycles. The van der Waals surface area contributed by atoms with Gasteiger partial charge in [0.05, 0.1) is 17.1 Å². The van der Waals surface area contributed by atoms with Gasteiger partial charge in [0, 0.05) is 13.0 Å². The molecule has 0 heterocycles. The van der Waals surface area contributed by atoms with Gasteiger partial charge in [-0.05, 0) is 30.5 Å². The predicted molar refractivity (Wildman–Crippen MR) is 93.0 cm³/mol. The van der Waals surface area contributed by atoms with Crippen LogP contribution in [-0.2, 0) is 16.4 Å². The first-order valence-corrected chi connectivity index (χ1v) is 9.40. The highest BCUT2D eigenvalue weighted by Crippen LogP contribution is 2.10. The van der Waals surface area contributed by atoms with E-state index >= 15 is 0 Å². The first kappa shape index (κ1) is 18.6. The number of benzene rings is 2. The zero-order valence-corrected chi connectivity index (χ0v) is 14.2. The van der Waals surface area contributed by atoms with Crippen LogP contribution in [0.2, 0.25) is 0 Å². The molecule has 0 fully saturated rings. The van der Waals surface area contributed by atoms with Crippen molar-refractivity contribution in [1.29, 1.82) is 0 Å². The quantitative estimate of drug-likeness (QED) is 0.643. The largest absolute Gasteiger partial charge is 0.393 e. The van der Waals surface area contributed by atoms with Crippen LogP contribution in [0.5, 0.6) is 0 Å². The fourth-order valence-corrected chi connectivity index (χ4v) is 3.48. The minimum atomic E-state index is -3.64. The maximum Gasteiger partial charge on any atom is 0.240 e. The summed E-state index contributed by atoms with van der Waals surface area (Å²) in [4.78, 5) is 0.154. The second-order valence-electron chi connectivity index (χ2n) is 5.73. The Labute approximate surface area is 143 Å². The number of hydrogen-bond donors (Lipinski definition) is 3. The molecule has 0 saturated heterocycles. The molecule has 0 spiro atoms. The van der Waals surface area contributed by atoms with Crippen LogP contribution in [0.1, 0.15) is 18.4 Å². The molecule has 2 rings (SSSR count). The molecule has 0 aliphatic heterocycles. The van der Waals surface area contributed by atoms with E-state index < -0.39 is 22.2 Å². The molecule has 130 valence electrons. The monoisotopic (exact) mass is 349 g/mol. The van der Waals surface area contributed by atoms with Gasteiger partial charge in [-0.1, -0.05) is 48.5 Å². The second kappa shape index (κ2) is 8.94. The predicted octanol–water partition coefficient (Wildman–Crippen LogP) is 1.71. The second-order valence-corrected chi connectivity index (χ2v) is 7.50. The lowest BCUT2D eigenvalue weighted by Gasteiger charge is -2.16. The summed E-state index contributed by atoms with van der Waals surface area (Å²) >= 11 is 0. The van der Waals surface area contributed by atoms with Crippen LogP contribution >= 0.6 is 0 Å². The number of aliphatic hydroxyl groups is 2. The van der Waals surface area contributed by atoms with Gasteiger partial charge < -0.3 is 10.2 Å². The zero-order chi connectivity index (χ0) is 17.4. The maximum atomic E-state index is 12.0. The summed E-state index contributed by atoms with van der Waals surface area (Å²) in [7, 11) is -3.64. The molecule has 0 bridgehead atoms. The molecular weight excluding hydrogens is 326 g/mol. The van der Waals surface area contributed by atoms with Gasteiger partial charge >= 0.3 is 0 Å². The number of sulfonamides is 1. The molecule has 3 N–H and O–H groups in total. The summed E-state index contributed by atoms with van der Waals surface area (Å²) in [5.74, 6) is 0. The molecule has 6 heteroatoms. The van der Waals surface area contributed by atoms with Gasteiger partial charge in [-0.3, -0.25) is 0 Å². The van der Waals surface area contributed by atoms with E-state index in [9.17, 15) is 18.6 Å². The summed E-state index contributed by atoms with van der Waals surface area (Å²) in [5.41, 5.74) is 1.12. The third-order valence-electron chi connectivity index (χ3n) is 3.72. The molecule has 2 unspecified atom stereocenters. The van der Waals surface area contributed by atoms with E-state index in [1.54, 1.807) is 18.2 Å². The van der Waals surface area contributed by atoms with E-state index in [-0.39, 0.29) is 17.9 Å². The van der Waals surface area contributed by atoms with Crippen molar-refractivity contribution in [2.75, 3.05) is 6.54 Å². The van der Waals surface area contributed by atoms with E-state index in [1.807, 2.05) is 30.3 Å². The number of hydrogen-bond acceptors (Lipinski definition) is 4. The molecule has 5 nitrogen and oxygen atoms in total. The third-order valence-corrected chi connectivity index (χ3v) is 5.16. The Morgan fingerprint density at radius 3 is 2.08 bits per heavy atom. The minimum absolute atomic E-state index is 0.125. The smallest absolute Gasteiger partial charge is 0.240 e. The summed E-state index contributed by atoms with van der Waals surface area (Å²) in [6.45, 7) is -0.125. The highest BCUT2D eigenvalue weighted by atomic mass is 32.2. The topological polar surface area (TPSA) is 86.6 Å². The molecule has 0 amide bonds. The van der Waals surface area contributed by atoms with Crippen molar-refractivity contribution in [3.63, 3.8) is 0 Å². The van der Waals surface area contributed by atoms with Crippen LogP contribution in [0.15, 0.2) is 65.6 Å².